The lowest BCUT2D eigenvalue weighted by molar-refractivity contribution is 0.0684. The Labute approximate surface area is 184 Å². The lowest BCUT2D eigenvalue weighted by Gasteiger charge is -2.38. The fourth-order valence-corrected chi connectivity index (χ4v) is 4.28. The standard InChI is InChI=1S/C24H20ClF2NO3/c1-30-20-12-14-10-11-28(24(29)22-18(26)8-5-9-19(22)27)23(16(14)13-21(20)31-2)15-6-3-4-7-17(15)25/h3-9,12-13,23H,10-11H2,1-2H3. The summed E-state index contributed by atoms with van der Waals surface area (Å²) < 4.78 is 39.7. The largest absolute Gasteiger partial charge is 0.493 e. The van der Waals surface area contributed by atoms with Crippen LogP contribution >= 0.6 is 11.6 Å². The molecule has 7 heteroatoms. The van der Waals surface area contributed by atoms with Gasteiger partial charge in [-0.15, -0.1) is 0 Å². The molecule has 0 aliphatic carbocycles. The van der Waals surface area contributed by atoms with Gasteiger partial charge in [0.05, 0.1) is 20.3 Å². The molecule has 0 bridgehead atoms. The summed E-state index contributed by atoms with van der Waals surface area (Å²) in [6.45, 7) is 0.255. The molecule has 3 aromatic carbocycles. The molecule has 4 nitrogen and oxygen atoms in total. The first-order valence-electron chi connectivity index (χ1n) is 9.70. The maximum absolute atomic E-state index is 14.4. The number of nitrogens with zero attached hydrogens (tertiary/aromatic N) is 1. The predicted octanol–water partition coefficient (Wildman–Crippen LogP) is 5.42. The van der Waals surface area contributed by atoms with Crippen molar-refractivity contribution in [2.75, 3.05) is 20.8 Å². The van der Waals surface area contributed by atoms with Gasteiger partial charge in [0, 0.05) is 11.6 Å². The highest BCUT2D eigenvalue weighted by Gasteiger charge is 2.36. The van der Waals surface area contributed by atoms with E-state index in [1.807, 2.05) is 12.1 Å². The summed E-state index contributed by atoms with van der Waals surface area (Å²) in [6, 6.07) is 13.5. The number of rotatable bonds is 4. The van der Waals surface area contributed by atoms with E-state index < -0.39 is 29.1 Å². The van der Waals surface area contributed by atoms with Gasteiger partial charge in [-0.2, -0.15) is 0 Å². The van der Waals surface area contributed by atoms with E-state index in [-0.39, 0.29) is 6.54 Å². The number of methoxy groups -OCH3 is 2. The summed E-state index contributed by atoms with van der Waals surface area (Å²) in [4.78, 5) is 14.8. The van der Waals surface area contributed by atoms with Crippen LogP contribution in [0.1, 0.15) is 33.1 Å². The van der Waals surface area contributed by atoms with Crippen molar-refractivity contribution >= 4 is 17.5 Å². The molecule has 0 aromatic heterocycles. The van der Waals surface area contributed by atoms with Crippen LogP contribution in [-0.4, -0.2) is 31.6 Å². The molecule has 0 spiro atoms. The SMILES string of the molecule is COc1cc2c(cc1OC)C(c1ccccc1Cl)N(C(=O)c1c(F)cccc1F)CC2. The van der Waals surface area contributed by atoms with Crippen LogP contribution in [0.2, 0.25) is 5.02 Å². The van der Waals surface area contributed by atoms with E-state index in [0.717, 1.165) is 23.3 Å². The van der Waals surface area contributed by atoms with Gasteiger partial charge in [0.2, 0.25) is 0 Å². The molecule has 160 valence electrons. The minimum atomic E-state index is -0.902. The van der Waals surface area contributed by atoms with Crippen LogP contribution in [0.4, 0.5) is 8.78 Å². The second-order valence-electron chi connectivity index (χ2n) is 7.18. The van der Waals surface area contributed by atoms with Gasteiger partial charge in [-0.1, -0.05) is 35.9 Å². The summed E-state index contributed by atoms with van der Waals surface area (Å²) in [5, 5.41) is 0.446. The molecule has 3 aromatic rings. The van der Waals surface area contributed by atoms with Crippen LogP contribution in [0, 0.1) is 11.6 Å². The second-order valence-corrected chi connectivity index (χ2v) is 7.58. The average Bonchev–Trinajstić information content (AvgIpc) is 2.77. The highest BCUT2D eigenvalue weighted by Crippen LogP contribution is 2.43. The molecule has 1 heterocycles. The number of ether oxygens (including phenoxy) is 2. The van der Waals surface area contributed by atoms with Crippen molar-refractivity contribution in [3.8, 4) is 11.5 Å². The van der Waals surface area contributed by atoms with E-state index in [0.29, 0.717) is 28.5 Å². The topological polar surface area (TPSA) is 38.8 Å². The average molecular weight is 444 g/mol. The van der Waals surface area contributed by atoms with Crippen LogP contribution in [0.15, 0.2) is 54.6 Å². The van der Waals surface area contributed by atoms with Crippen molar-refractivity contribution in [1.29, 1.82) is 0 Å². The Hall–Kier alpha value is -3.12. The van der Waals surface area contributed by atoms with Crippen molar-refractivity contribution in [2.24, 2.45) is 0 Å². The Balaban J connectivity index is 1.91. The minimum Gasteiger partial charge on any atom is -0.493 e. The van der Waals surface area contributed by atoms with Gasteiger partial charge in [0.25, 0.3) is 5.91 Å². The predicted molar refractivity (Wildman–Crippen MR) is 114 cm³/mol. The van der Waals surface area contributed by atoms with Crippen molar-refractivity contribution in [3.63, 3.8) is 0 Å². The Morgan fingerprint density at radius 2 is 1.61 bits per heavy atom. The van der Waals surface area contributed by atoms with Gasteiger partial charge < -0.3 is 14.4 Å². The zero-order chi connectivity index (χ0) is 22.1. The molecule has 1 aliphatic heterocycles. The minimum absolute atomic E-state index is 0.255. The van der Waals surface area contributed by atoms with Crippen LogP contribution < -0.4 is 9.47 Å². The summed E-state index contributed by atoms with van der Waals surface area (Å²) in [6.07, 6.45) is 0.485. The highest BCUT2D eigenvalue weighted by atomic mass is 35.5. The molecule has 1 unspecified atom stereocenters. The lowest BCUT2D eigenvalue weighted by atomic mass is 9.87. The van der Waals surface area contributed by atoms with Crippen molar-refractivity contribution < 1.29 is 23.0 Å². The molecule has 1 aliphatic rings. The van der Waals surface area contributed by atoms with Crippen molar-refractivity contribution in [3.05, 3.63) is 93.5 Å². The van der Waals surface area contributed by atoms with Gasteiger partial charge in [0.1, 0.15) is 17.2 Å². The fourth-order valence-electron chi connectivity index (χ4n) is 4.04. The van der Waals surface area contributed by atoms with E-state index in [1.165, 1.54) is 18.1 Å². The quantitative estimate of drug-likeness (QED) is 0.540. The number of hydrogen-bond donors (Lipinski definition) is 0. The van der Waals surface area contributed by atoms with E-state index in [4.69, 9.17) is 21.1 Å². The summed E-state index contributed by atoms with van der Waals surface area (Å²) in [7, 11) is 3.07. The third-order valence-electron chi connectivity index (χ3n) is 5.51. The zero-order valence-electron chi connectivity index (χ0n) is 17.0. The number of benzene rings is 3. The Kier molecular flexibility index (Phi) is 5.83. The van der Waals surface area contributed by atoms with Crippen LogP contribution in [0.25, 0.3) is 0 Å². The van der Waals surface area contributed by atoms with Crippen LogP contribution in [0.5, 0.6) is 11.5 Å². The van der Waals surface area contributed by atoms with Crippen LogP contribution in [-0.2, 0) is 6.42 Å². The molecule has 0 fully saturated rings. The Morgan fingerprint density at radius 3 is 2.26 bits per heavy atom. The molecular weight excluding hydrogens is 424 g/mol. The highest BCUT2D eigenvalue weighted by molar-refractivity contribution is 6.31. The number of fused-ring (bicyclic) bond motifs is 1. The normalized spacial score (nSPS) is 15.4. The Bertz CT molecular complexity index is 1130. The van der Waals surface area contributed by atoms with Gasteiger partial charge in [-0.3, -0.25) is 4.79 Å². The zero-order valence-corrected chi connectivity index (χ0v) is 17.7. The third kappa shape index (κ3) is 3.72. The van der Waals surface area contributed by atoms with E-state index in [1.54, 1.807) is 31.4 Å². The summed E-state index contributed by atoms with van der Waals surface area (Å²) in [5.74, 6) is -1.48. The van der Waals surface area contributed by atoms with Crippen LogP contribution in [0.3, 0.4) is 0 Å². The molecule has 0 radical (unpaired) electrons. The molecular formula is C24H20ClF2NO3. The van der Waals surface area contributed by atoms with E-state index >= 15 is 0 Å². The first-order valence-corrected chi connectivity index (χ1v) is 10.1. The van der Waals surface area contributed by atoms with Crippen molar-refractivity contribution in [2.45, 2.75) is 12.5 Å². The van der Waals surface area contributed by atoms with E-state index in [9.17, 15) is 13.6 Å². The molecule has 31 heavy (non-hydrogen) atoms. The number of carbonyl (C=O) groups is 1. The van der Waals surface area contributed by atoms with E-state index in [2.05, 4.69) is 0 Å². The fraction of sp³-hybridized carbons (Fsp3) is 0.208. The maximum atomic E-state index is 14.4. The first kappa shape index (κ1) is 21.1. The number of halogens is 3. The molecule has 0 N–H and O–H groups in total. The van der Waals surface area contributed by atoms with Gasteiger partial charge in [0.15, 0.2) is 11.5 Å². The molecule has 4 rings (SSSR count). The summed E-state index contributed by atoms with van der Waals surface area (Å²) >= 11 is 6.49. The van der Waals surface area contributed by atoms with Gasteiger partial charge in [-0.25, -0.2) is 8.78 Å². The first-order chi connectivity index (χ1) is 15.0. The number of amides is 1. The molecule has 0 saturated heterocycles. The van der Waals surface area contributed by atoms with Crippen molar-refractivity contribution in [1.82, 2.24) is 4.90 Å². The molecule has 0 saturated carbocycles. The molecule has 1 amide bonds. The number of carbonyl (C=O) groups excluding carboxylic acids is 1. The summed E-state index contributed by atoms with van der Waals surface area (Å²) in [5.41, 5.74) is 1.79. The van der Waals surface area contributed by atoms with Gasteiger partial charge in [-0.05, 0) is 53.4 Å². The monoisotopic (exact) mass is 443 g/mol. The second kappa shape index (κ2) is 8.55. The molecule has 1 atom stereocenters. The maximum Gasteiger partial charge on any atom is 0.260 e. The Morgan fingerprint density at radius 1 is 0.968 bits per heavy atom. The smallest absolute Gasteiger partial charge is 0.260 e. The number of hydrogen-bond acceptors (Lipinski definition) is 3. The lowest BCUT2D eigenvalue weighted by Crippen LogP contribution is -2.41. The third-order valence-corrected chi connectivity index (χ3v) is 5.86. The van der Waals surface area contributed by atoms with Gasteiger partial charge >= 0.3 is 0 Å².